The van der Waals surface area contributed by atoms with E-state index in [2.05, 4.69) is 10.3 Å². The molecule has 0 unspecified atom stereocenters. The van der Waals surface area contributed by atoms with Crippen molar-refractivity contribution in [1.82, 2.24) is 4.98 Å². The quantitative estimate of drug-likeness (QED) is 0.678. The third-order valence-electron chi connectivity index (χ3n) is 2.72. The number of halogens is 2. The summed E-state index contributed by atoms with van der Waals surface area (Å²) in [6.45, 7) is 0.0702. The highest BCUT2D eigenvalue weighted by Crippen LogP contribution is 2.29. The number of ether oxygens (including phenoxy) is 1. The fraction of sp³-hybridized carbons (Fsp3) is 0.154. The minimum Gasteiger partial charge on any atom is -0.481 e. The molecule has 0 amide bonds. The van der Waals surface area contributed by atoms with Crippen LogP contribution >= 0.6 is 0 Å². The number of pyridine rings is 1. The van der Waals surface area contributed by atoms with Crippen molar-refractivity contribution < 1.29 is 18.4 Å². The second-order valence-electron chi connectivity index (χ2n) is 4.07. The number of aromatic nitrogens is 1. The zero-order valence-corrected chi connectivity index (χ0v) is 11.0. The Bertz CT molecular complexity index is 680. The summed E-state index contributed by atoms with van der Waals surface area (Å²) in [5.74, 6) is -1.82. The maximum atomic E-state index is 13.5. The molecule has 0 fully saturated rings. The Morgan fingerprint density at radius 2 is 2.19 bits per heavy atom. The van der Waals surface area contributed by atoms with Crippen LogP contribution in [-0.2, 0) is 6.54 Å². The van der Waals surface area contributed by atoms with Gasteiger partial charge in [-0.1, -0.05) is 6.07 Å². The van der Waals surface area contributed by atoms with Gasteiger partial charge in [0.05, 0.1) is 12.0 Å². The number of methoxy groups -OCH3 is 1. The van der Waals surface area contributed by atoms with Crippen molar-refractivity contribution in [1.29, 1.82) is 0 Å². The van der Waals surface area contributed by atoms with E-state index >= 15 is 0 Å². The number of nitrogens with zero attached hydrogens (tertiary/aromatic N) is 2. The van der Waals surface area contributed by atoms with Crippen LogP contribution in [0.1, 0.15) is 5.56 Å². The maximum Gasteiger partial charge on any atom is 0.327 e. The molecule has 0 aliphatic heterocycles. The number of hydrogen-bond acceptors (Lipinski definition) is 5. The van der Waals surface area contributed by atoms with Crippen molar-refractivity contribution in [2.24, 2.45) is 0 Å². The number of nitrogens with one attached hydrogen (secondary N) is 1. The number of hydrogen-bond donors (Lipinski definition) is 1. The third kappa shape index (κ3) is 3.22. The number of rotatable bonds is 5. The molecule has 0 atom stereocenters. The highest BCUT2D eigenvalue weighted by atomic mass is 19.1. The van der Waals surface area contributed by atoms with E-state index in [0.29, 0.717) is 17.5 Å². The molecule has 1 aromatic carbocycles. The highest BCUT2D eigenvalue weighted by molar-refractivity contribution is 5.62. The summed E-state index contributed by atoms with van der Waals surface area (Å²) >= 11 is 0. The first-order chi connectivity index (χ1) is 10.0. The van der Waals surface area contributed by atoms with Crippen molar-refractivity contribution in [2.75, 3.05) is 12.4 Å². The van der Waals surface area contributed by atoms with E-state index in [9.17, 15) is 18.9 Å². The fourth-order valence-corrected chi connectivity index (χ4v) is 1.82. The second-order valence-corrected chi connectivity index (χ2v) is 4.07. The Balaban J connectivity index is 2.30. The van der Waals surface area contributed by atoms with Gasteiger partial charge in [-0.05, 0) is 6.07 Å². The van der Waals surface area contributed by atoms with Crippen LogP contribution in [0.25, 0.3) is 0 Å². The summed E-state index contributed by atoms with van der Waals surface area (Å²) in [6, 6.07) is 4.67. The molecule has 2 aromatic rings. The molecule has 1 aromatic heterocycles. The van der Waals surface area contributed by atoms with Gasteiger partial charge < -0.3 is 10.1 Å². The number of benzene rings is 1. The molecule has 1 heterocycles. The van der Waals surface area contributed by atoms with Gasteiger partial charge in [0.2, 0.25) is 11.7 Å². The number of nitro benzene ring substituents is 1. The Morgan fingerprint density at radius 3 is 2.86 bits per heavy atom. The normalized spacial score (nSPS) is 10.2. The Kier molecular flexibility index (Phi) is 4.27. The first-order valence-corrected chi connectivity index (χ1v) is 5.88. The highest BCUT2D eigenvalue weighted by Gasteiger charge is 2.22. The van der Waals surface area contributed by atoms with Crippen LogP contribution < -0.4 is 10.1 Å². The minimum absolute atomic E-state index is 0.0702. The average molecular weight is 295 g/mol. The molecule has 21 heavy (non-hydrogen) atoms. The van der Waals surface area contributed by atoms with Crippen molar-refractivity contribution in [2.45, 2.75) is 6.54 Å². The number of anilines is 1. The molecule has 110 valence electrons. The van der Waals surface area contributed by atoms with E-state index in [1.165, 1.54) is 13.3 Å². The van der Waals surface area contributed by atoms with Gasteiger partial charge in [0.1, 0.15) is 11.5 Å². The van der Waals surface area contributed by atoms with Crippen LogP contribution in [0.15, 0.2) is 30.5 Å². The van der Waals surface area contributed by atoms with Gasteiger partial charge in [-0.3, -0.25) is 10.1 Å². The predicted molar refractivity (Wildman–Crippen MR) is 71.1 cm³/mol. The lowest BCUT2D eigenvalue weighted by atomic mass is 10.2. The first kappa shape index (κ1) is 14.6. The first-order valence-electron chi connectivity index (χ1n) is 5.88. The van der Waals surface area contributed by atoms with Crippen LogP contribution in [0.3, 0.4) is 0 Å². The zero-order valence-electron chi connectivity index (χ0n) is 11.0. The lowest BCUT2D eigenvalue weighted by molar-refractivity contribution is -0.386. The topological polar surface area (TPSA) is 77.3 Å². The van der Waals surface area contributed by atoms with Gasteiger partial charge >= 0.3 is 5.69 Å². The molecule has 0 aliphatic carbocycles. The molecule has 0 saturated carbocycles. The minimum atomic E-state index is -1.24. The van der Waals surface area contributed by atoms with Gasteiger partial charge in [-0.2, -0.15) is 4.39 Å². The van der Waals surface area contributed by atoms with E-state index in [1.54, 1.807) is 12.1 Å². The lowest BCUT2D eigenvalue weighted by Gasteiger charge is -2.10. The van der Waals surface area contributed by atoms with E-state index in [1.807, 2.05) is 0 Å². The van der Waals surface area contributed by atoms with Crippen LogP contribution in [0.5, 0.6) is 5.88 Å². The molecular weight excluding hydrogens is 284 g/mol. The van der Waals surface area contributed by atoms with Crippen LogP contribution in [0.4, 0.5) is 20.2 Å². The molecule has 0 saturated heterocycles. The van der Waals surface area contributed by atoms with Crippen molar-refractivity contribution in [3.8, 4) is 5.88 Å². The number of nitro groups is 1. The molecule has 0 aliphatic rings. The summed E-state index contributed by atoms with van der Waals surface area (Å²) in [7, 11) is 1.43. The monoisotopic (exact) mass is 295 g/mol. The molecule has 1 N–H and O–H groups in total. The summed E-state index contributed by atoms with van der Waals surface area (Å²) in [5.41, 5.74) is -0.457. The predicted octanol–water partition coefficient (Wildman–Crippen LogP) is 2.89. The molecule has 6 nitrogen and oxygen atoms in total. The van der Waals surface area contributed by atoms with E-state index in [4.69, 9.17) is 4.74 Å². The molecule has 0 radical (unpaired) electrons. The van der Waals surface area contributed by atoms with Crippen molar-refractivity contribution in [3.63, 3.8) is 0 Å². The lowest BCUT2D eigenvalue weighted by Crippen LogP contribution is -2.06. The second kappa shape index (κ2) is 6.12. The molecule has 0 spiro atoms. The standard InChI is InChI=1S/C13H11F2N3O3/c1-21-13-8(3-2-4-16-13)7-17-11-6-9(14)5-10(15)12(11)18(19)20/h2-6,17H,7H2,1H3. The Hall–Kier alpha value is -2.77. The molecular formula is C13H11F2N3O3. The molecule has 2 rings (SSSR count). The summed E-state index contributed by atoms with van der Waals surface area (Å²) in [6.07, 6.45) is 1.52. The van der Waals surface area contributed by atoms with E-state index < -0.39 is 22.2 Å². The molecule has 0 bridgehead atoms. The molecule has 8 heteroatoms. The fourth-order valence-electron chi connectivity index (χ4n) is 1.82. The van der Waals surface area contributed by atoms with Crippen molar-refractivity contribution in [3.05, 3.63) is 57.8 Å². The van der Waals surface area contributed by atoms with Crippen LogP contribution in [-0.4, -0.2) is 17.0 Å². The third-order valence-corrected chi connectivity index (χ3v) is 2.72. The van der Waals surface area contributed by atoms with Gasteiger partial charge in [0, 0.05) is 30.4 Å². The summed E-state index contributed by atoms with van der Waals surface area (Å²) in [4.78, 5) is 13.9. The van der Waals surface area contributed by atoms with Gasteiger partial charge in [-0.25, -0.2) is 9.37 Å². The van der Waals surface area contributed by atoms with E-state index in [0.717, 1.165) is 6.07 Å². The van der Waals surface area contributed by atoms with Gasteiger partial charge in [-0.15, -0.1) is 0 Å². The van der Waals surface area contributed by atoms with Gasteiger partial charge in [0.15, 0.2) is 0 Å². The van der Waals surface area contributed by atoms with Crippen molar-refractivity contribution >= 4 is 11.4 Å². The summed E-state index contributed by atoms with van der Waals surface area (Å²) < 4.78 is 31.7. The zero-order chi connectivity index (χ0) is 15.4. The smallest absolute Gasteiger partial charge is 0.327 e. The maximum absolute atomic E-state index is 13.5. The Morgan fingerprint density at radius 1 is 1.43 bits per heavy atom. The SMILES string of the molecule is COc1ncccc1CNc1cc(F)cc(F)c1[N+](=O)[O-]. The van der Waals surface area contributed by atoms with Gasteiger partial charge in [0.25, 0.3) is 0 Å². The van der Waals surface area contributed by atoms with Crippen LogP contribution in [0.2, 0.25) is 0 Å². The average Bonchev–Trinajstić information content (AvgIpc) is 2.44. The Labute approximate surface area is 118 Å². The largest absolute Gasteiger partial charge is 0.481 e. The summed E-state index contributed by atoms with van der Waals surface area (Å²) in [5, 5.41) is 13.5. The van der Waals surface area contributed by atoms with E-state index in [-0.39, 0.29) is 12.2 Å². The van der Waals surface area contributed by atoms with Crippen LogP contribution in [0, 0.1) is 21.7 Å².